The first-order chi connectivity index (χ1) is 16.8. The highest BCUT2D eigenvalue weighted by Gasteiger charge is 2.27. The maximum Gasteiger partial charge on any atom is 0.0300 e. The van der Waals surface area contributed by atoms with Crippen LogP contribution in [-0.4, -0.2) is 4.98 Å². The largest absolute Gasteiger partial charge is 0.365 e. The van der Waals surface area contributed by atoms with Crippen LogP contribution < -0.4 is 5.32 Å². The number of nitrogens with one attached hydrogen (secondary N) is 1. The Kier molecular flexibility index (Phi) is 5.73. The van der Waals surface area contributed by atoms with Crippen molar-refractivity contribution in [2.75, 3.05) is 0 Å². The number of hydrogen-bond acceptors (Lipinski definition) is 2. The van der Waals surface area contributed by atoms with Crippen LogP contribution in [0.4, 0.5) is 0 Å². The second kappa shape index (κ2) is 9.30. The summed E-state index contributed by atoms with van der Waals surface area (Å²) in [5.41, 5.74) is 13.0. The van der Waals surface area contributed by atoms with Crippen LogP contribution in [-0.2, 0) is 19.3 Å². The van der Waals surface area contributed by atoms with Crippen molar-refractivity contribution in [3.63, 3.8) is 0 Å². The van der Waals surface area contributed by atoms with Crippen LogP contribution in [0.1, 0.15) is 53.0 Å². The molecule has 2 aliphatic heterocycles. The van der Waals surface area contributed by atoms with E-state index in [1.54, 1.807) is 11.1 Å². The van der Waals surface area contributed by atoms with Crippen LogP contribution in [0.15, 0.2) is 103 Å². The highest BCUT2D eigenvalue weighted by molar-refractivity contribution is 5.78. The first kappa shape index (κ1) is 20.9. The molecule has 3 heterocycles. The number of benzene rings is 2. The monoisotopic (exact) mass is 442 g/mol. The third kappa shape index (κ3) is 4.17. The van der Waals surface area contributed by atoms with Gasteiger partial charge in [-0.25, -0.2) is 0 Å². The first-order valence-corrected chi connectivity index (χ1v) is 12.5. The Morgan fingerprint density at radius 2 is 1.82 bits per heavy atom. The predicted molar refractivity (Wildman–Crippen MR) is 141 cm³/mol. The van der Waals surface area contributed by atoms with Crippen molar-refractivity contribution in [3.05, 3.63) is 131 Å². The average Bonchev–Trinajstić information content (AvgIpc) is 3.28. The number of nitrogens with zero attached hydrogens (tertiary/aromatic N) is 1. The quantitative estimate of drug-likeness (QED) is 0.450. The SMILES string of the molecule is C1=CC2=CC=C(CC2)N1.C1=Cc2ccc3c(c2CC1)CC(Cc1cccnc1)c1ccccc1-3. The zero-order valence-corrected chi connectivity index (χ0v) is 19.5. The molecule has 0 spiro atoms. The van der Waals surface area contributed by atoms with Gasteiger partial charge in [0.1, 0.15) is 0 Å². The van der Waals surface area contributed by atoms with Crippen LogP contribution in [0, 0.1) is 0 Å². The number of pyridine rings is 1. The molecule has 3 aromatic rings. The molecular weight excluding hydrogens is 412 g/mol. The molecule has 3 aliphatic carbocycles. The molecule has 2 heteroatoms. The Morgan fingerprint density at radius 3 is 2.71 bits per heavy atom. The van der Waals surface area contributed by atoms with Gasteiger partial charge in [0.15, 0.2) is 0 Å². The highest BCUT2D eigenvalue weighted by Crippen LogP contribution is 2.44. The van der Waals surface area contributed by atoms with Crippen molar-refractivity contribution in [2.45, 2.75) is 44.4 Å². The summed E-state index contributed by atoms with van der Waals surface area (Å²) in [6.45, 7) is 0. The molecular formula is C32H30N2. The standard InChI is InChI=1S/C24H21N.C8H9N/c1-2-8-20-18(7-1)11-12-23-22-10-4-3-9-21(22)19(15-24(20)23)14-17-6-5-13-25-16-17;1-3-8-4-2-7(1)5-6-9-8/h1,3-7,9-13,16,19H,2,8,14-15H2;1,3,5-6,9H,2,4H2. The van der Waals surface area contributed by atoms with Crippen molar-refractivity contribution in [1.82, 2.24) is 10.3 Å². The molecule has 1 atom stereocenters. The van der Waals surface area contributed by atoms with Crippen LogP contribution >= 0.6 is 0 Å². The molecule has 2 nitrogen and oxygen atoms in total. The number of allylic oxidation sites excluding steroid dienone is 6. The summed E-state index contributed by atoms with van der Waals surface area (Å²) < 4.78 is 0. The smallest absolute Gasteiger partial charge is 0.0300 e. The molecule has 34 heavy (non-hydrogen) atoms. The van der Waals surface area contributed by atoms with Gasteiger partial charge in [-0.05, 0) is 107 Å². The van der Waals surface area contributed by atoms with Gasteiger partial charge in [-0.15, -0.1) is 0 Å². The van der Waals surface area contributed by atoms with Gasteiger partial charge >= 0.3 is 0 Å². The molecule has 5 aliphatic rings. The molecule has 0 radical (unpaired) electrons. The molecule has 0 saturated carbocycles. The van der Waals surface area contributed by atoms with E-state index >= 15 is 0 Å². The van der Waals surface area contributed by atoms with Crippen molar-refractivity contribution < 1.29 is 0 Å². The molecule has 168 valence electrons. The lowest BCUT2D eigenvalue weighted by Gasteiger charge is -2.31. The summed E-state index contributed by atoms with van der Waals surface area (Å²) in [4.78, 5) is 4.31. The van der Waals surface area contributed by atoms with E-state index in [0.29, 0.717) is 5.92 Å². The topological polar surface area (TPSA) is 24.9 Å². The number of fused-ring (bicyclic) bond motifs is 8. The van der Waals surface area contributed by atoms with E-state index in [4.69, 9.17) is 0 Å². The van der Waals surface area contributed by atoms with E-state index in [0.717, 1.165) is 12.8 Å². The van der Waals surface area contributed by atoms with Crippen molar-refractivity contribution in [2.24, 2.45) is 0 Å². The van der Waals surface area contributed by atoms with Crippen LogP contribution in [0.5, 0.6) is 0 Å². The Bertz CT molecular complexity index is 1320. The van der Waals surface area contributed by atoms with E-state index < -0.39 is 0 Å². The van der Waals surface area contributed by atoms with Crippen molar-refractivity contribution in [3.8, 4) is 11.1 Å². The predicted octanol–water partition coefficient (Wildman–Crippen LogP) is 7.30. The van der Waals surface area contributed by atoms with E-state index in [9.17, 15) is 0 Å². The van der Waals surface area contributed by atoms with E-state index in [-0.39, 0.29) is 0 Å². The van der Waals surface area contributed by atoms with E-state index in [2.05, 4.69) is 83.1 Å². The summed E-state index contributed by atoms with van der Waals surface area (Å²) in [7, 11) is 0. The lowest BCUT2D eigenvalue weighted by Crippen LogP contribution is -2.16. The van der Waals surface area contributed by atoms with Gasteiger partial charge in [-0.3, -0.25) is 4.98 Å². The Morgan fingerprint density at radius 1 is 0.853 bits per heavy atom. The van der Waals surface area contributed by atoms with E-state index in [1.165, 1.54) is 64.8 Å². The van der Waals surface area contributed by atoms with Gasteiger partial charge in [0.2, 0.25) is 0 Å². The molecule has 0 saturated heterocycles. The lowest BCUT2D eigenvalue weighted by molar-refractivity contribution is 0.665. The average molecular weight is 443 g/mol. The molecule has 8 rings (SSSR count). The van der Waals surface area contributed by atoms with Crippen molar-refractivity contribution in [1.29, 1.82) is 0 Å². The van der Waals surface area contributed by atoms with Crippen LogP contribution in [0.25, 0.3) is 17.2 Å². The third-order valence-electron chi connectivity index (χ3n) is 7.42. The van der Waals surface area contributed by atoms with Gasteiger partial charge in [0, 0.05) is 24.3 Å². The zero-order valence-electron chi connectivity index (χ0n) is 19.5. The van der Waals surface area contributed by atoms with Crippen molar-refractivity contribution >= 4 is 6.08 Å². The fourth-order valence-electron chi connectivity index (χ4n) is 5.69. The van der Waals surface area contributed by atoms with Gasteiger partial charge in [0.25, 0.3) is 0 Å². The molecule has 2 bridgehead atoms. The van der Waals surface area contributed by atoms with E-state index in [1.807, 2.05) is 24.7 Å². The normalized spacial score (nSPS) is 18.8. The Balaban J connectivity index is 0.000000202. The van der Waals surface area contributed by atoms with Gasteiger partial charge < -0.3 is 5.32 Å². The molecule has 1 unspecified atom stereocenters. The summed E-state index contributed by atoms with van der Waals surface area (Å²) in [5, 5.41) is 3.20. The molecule has 0 fully saturated rings. The molecule has 1 aromatic heterocycles. The van der Waals surface area contributed by atoms with Crippen LogP contribution in [0.3, 0.4) is 0 Å². The number of rotatable bonds is 2. The number of hydrogen-bond donors (Lipinski definition) is 1. The minimum absolute atomic E-state index is 0.533. The first-order valence-electron chi connectivity index (χ1n) is 12.5. The maximum absolute atomic E-state index is 4.31. The Labute approximate surface area is 202 Å². The minimum Gasteiger partial charge on any atom is -0.365 e. The third-order valence-corrected chi connectivity index (χ3v) is 7.42. The van der Waals surface area contributed by atoms with Gasteiger partial charge in [-0.1, -0.05) is 60.7 Å². The summed E-state index contributed by atoms with van der Waals surface area (Å²) in [6.07, 6.45) is 23.9. The fourth-order valence-corrected chi connectivity index (χ4v) is 5.69. The fraction of sp³-hybridized carbons (Fsp3) is 0.219. The lowest BCUT2D eigenvalue weighted by atomic mass is 9.73. The second-order valence-corrected chi connectivity index (χ2v) is 9.57. The van der Waals surface area contributed by atoms with Crippen LogP contribution in [0.2, 0.25) is 0 Å². The zero-order chi connectivity index (χ0) is 22.7. The summed E-state index contributed by atoms with van der Waals surface area (Å²) >= 11 is 0. The number of aromatic nitrogens is 1. The summed E-state index contributed by atoms with van der Waals surface area (Å²) in [6, 6.07) is 17.9. The highest BCUT2D eigenvalue weighted by atomic mass is 14.9. The van der Waals surface area contributed by atoms with Gasteiger partial charge in [0.05, 0.1) is 0 Å². The summed E-state index contributed by atoms with van der Waals surface area (Å²) in [5.74, 6) is 0.533. The molecule has 0 amide bonds. The maximum atomic E-state index is 4.31. The van der Waals surface area contributed by atoms with Gasteiger partial charge in [-0.2, -0.15) is 0 Å². The minimum atomic E-state index is 0.533. The molecule has 1 N–H and O–H groups in total. The Hall–Kier alpha value is -3.65. The second-order valence-electron chi connectivity index (χ2n) is 9.57. The molecule has 2 aromatic carbocycles.